The Balaban J connectivity index is 2.26. The molecule has 1 aromatic carbocycles. The molecule has 0 amide bonds. The van der Waals surface area contributed by atoms with Crippen LogP contribution in [-0.4, -0.2) is 18.3 Å². The van der Waals surface area contributed by atoms with Crippen LogP contribution in [0.5, 0.6) is 0 Å². The minimum absolute atomic E-state index is 0.00295. The zero-order chi connectivity index (χ0) is 15.6. The maximum absolute atomic E-state index is 12.2. The predicted molar refractivity (Wildman–Crippen MR) is 78.4 cm³/mol. The Kier molecular flexibility index (Phi) is 4.21. The molecule has 0 atom stereocenters. The molecular formula is C11H12N4O4S2. The van der Waals surface area contributed by atoms with Gasteiger partial charge in [-0.3, -0.25) is 10.1 Å². The minimum Gasteiger partial charge on any atom is -0.398 e. The lowest BCUT2D eigenvalue weighted by atomic mass is 10.3. The fraction of sp³-hybridized carbons (Fsp3) is 0.182. The molecule has 0 aliphatic rings. The van der Waals surface area contributed by atoms with E-state index >= 15 is 0 Å². The molecule has 0 saturated carbocycles. The first-order valence-electron chi connectivity index (χ1n) is 5.74. The Labute approximate surface area is 124 Å². The molecule has 0 unspecified atom stereocenters. The molecule has 0 bridgehead atoms. The van der Waals surface area contributed by atoms with E-state index in [0.29, 0.717) is 5.01 Å². The van der Waals surface area contributed by atoms with Gasteiger partial charge in [0, 0.05) is 23.2 Å². The largest absolute Gasteiger partial charge is 0.398 e. The van der Waals surface area contributed by atoms with Crippen LogP contribution in [0.1, 0.15) is 9.88 Å². The Morgan fingerprint density at radius 3 is 2.76 bits per heavy atom. The van der Waals surface area contributed by atoms with Crippen LogP contribution in [-0.2, 0) is 16.6 Å². The number of non-ortho nitro benzene ring substituents is 1. The molecule has 3 N–H and O–H groups in total. The van der Waals surface area contributed by atoms with Gasteiger partial charge in [-0.1, -0.05) is 0 Å². The highest BCUT2D eigenvalue weighted by molar-refractivity contribution is 7.89. The number of hydrogen-bond acceptors (Lipinski definition) is 7. The second-order valence-electron chi connectivity index (χ2n) is 4.17. The summed E-state index contributed by atoms with van der Waals surface area (Å²) in [4.78, 5) is 14.7. The van der Waals surface area contributed by atoms with Crippen molar-refractivity contribution in [2.24, 2.45) is 0 Å². The van der Waals surface area contributed by atoms with E-state index < -0.39 is 14.9 Å². The molecule has 2 aromatic rings. The number of rotatable bonds is 5. The maximum atomic E-state index is 12.2. The van der Waals surface area contributed by atoms with E-state index in [-0.39, 0.29) is 22.8 Å². The van der Waals surface area contributed by atoms with Gasteiger partial charge >= 0.3 is 0 Å². The Morgan fingerprint density at radius 1 is 1.48 bits per heavy atom. The summed E-state index contributed by atoms with van der Waals surface area (Å²) in [7, 11) is -3.95. The van der Waals surface area contributed by atoms with Crippen molar-refractivity contribution < 1.29 is 13.3 Å². The topological polar surface area (TPSA) is 128 Å². The number of aromatic nitrogens is 1. The van der Waals surface area contributed by atoms with Crippen LogP contribution in [0.2, 0.25) is 0 Å². The fourth-order valence-corrected chi connectivity index (χ4v) is 3.54. The van der Waals surface area contributed by atoms with Crippen LogP contribution < -0.4 is 10.5 Å². The average Bonchev–Trinajstić information content (AvgIpc) is 2.82. The fourth-order valence-electron chi connectivity index (χ4n) is 1.59. The SMILES string of the molecule is Cc1cnc(CNS(=O)(=O)c2cc([N+](=O)[O-])ccc2N)s1. The Hall–Kier alpha value is -2.04. The smallest absolute Gasteiger partial charge is 0.270 e. The van der Waals surface area contributed by atoms with Crippen LogP contribution in [0.3, 0.4) is 0 Å². The molecule has 0 spiro atoms. The highest BCUT2D eigenvalue weighted by atomic mass is 32.2. The van der Waals surface area contributed by atoms with E-state index in [4.69, 9.17) is 5.73 Å². The van der Waals surface area contributed by atoms with E-state index in [1.165, 1.54) is 17.4 Å². The van der Waals surface area contributed by atoms with Gasteiger partial charge in [-0.25, -0.2) is 18.1 Å². The molecular weight excluding hydrogens is 316 g/mol. The highest BCUT2D eigenvalue weighted by Crippen LogP contribution is 2.24. The molecule has 0 radical (unpaired) electrons. The molecule has 0 aliphatic carbocycles. The van der Waals surface area contributed by atoms with Crippen LogP contribution in [0.15, 0.2) is 29.3 Å². The molecule has 0 fully saturated rings. The summed E-state index contributed by atoms with van der Waals surface area (Å²) in [5.74, 6) is 0. The molecule has 21 heavy (non-hydrogen) atoms. The second kappa shape index (κ2) is 5.76. The van der Waals surface area contributed by atoms with Crippen molar-refractivity contribution in [3.8, 4) is 0 Å². The Morgan fingerprint density at radius 2 is 2.19 bits per heavy atom. The second-order valence-corrected chi connectivity index (χ2v) is 7.22. The number of nitrogens with two attached hydrogens (primary N) is 1. The van der Waals surface area contributed by atoms with E-state index in [1.54, 1.807) is 6.20 Å². The summed E-state index contributed by atoms with van der Waals surface area (Å²) in [6.07, 6.45) is 1.63. The summed E-state index contributed by atoms with van der Waals surface area (Å²) >= 11 is 1.36. The van der Waals surface area contributed by atoms with Gasteiger partial charge in [0.15, 0.2) is 0 Å². The summed E-state index contributed by atoms with van der Waals surface area (Å²) in [6, 6.07) is 3.28. The lowest BCUT2D eigenvalue weighted by Crippen LogP contribution is -2.24. The van der Waals surface area contributed by atoms with Crippen molar-refractivity contribution >= 4 is 32.7 Å². The number of aryl methyl sites for hydroxylation is 1. The van der Waals surface area contributed by atoms with Gasteiger partial charge in [0.25, 0.3) is 5.69 Å². The quantitative estimate of drug-likeness (QED) is 0.485. The van der Waals surface area contributed by atoms with Gasteiger partial charge in [-0.15, -0.1) is 11.3 Å². The lowest BCUT2D eigenvalue weighted by molar-refractivity contribution is -0.385. The number of nitro benzene ring substituents is 1. The molecule has 1 heterocycles. The van der Waals surface area contributed by atoms with Gasteiger partial charge in [0.2, 0.25) is 10.0 Å². The molecule has 112 valence electrons. The van der Waals surface area contributed by atoms with E-state index in [9.17, 15) is 18.5 Å². The zero-order valence-corrected chi connectivity index (χ0v) is 12.6. The first-order valence-corrected chi connectivity index (χ1v) is 8.04. The van der Waals surface area contributed by atoms with Crippen molar-refractivity contribution in [1.29, 1.82) is 0 Å². The normalized spacial score (nSPS) is 11.5. The lowest BCUT2D eigenvalue weighted by Gasteiger charge is -2.07. The molecule has 1 aromatic heterocycles. The zero-order valence-electron chi connectivity index (χ0n) is 10.9. The number of nitrogens with zero attached hydrogens (tertiary/aromatic N) is 2. The highest BCUT2D eigenvalue weighted by Gasteiger charge is 2.21. The third-order valence-electron chi connectivity index (χ3n) is 2.58. The third kappa shape index (κ3) is 3.54. The number of nitrogen functional groups attached to an aromatic ring is 1. The van der Waals surface area contributed by atoms with Gasteiger partial charge in [-0.2, -0.15) is 0 Å². The summed E-state index contributed by atoms with van der Waals surface area (Å²) in [6.45, 7) is 1.86. The number of thiazole rings is 1. The van der Waals surface area contributed by atoms with Crippen LogP contribution >= 0.6 is 11.3 Å². The minimum atomic E-state index is -3.95. The number of hydrogen-bond donors (Lipinski definition) is 2. The molecule has 0 aliphatic heterocycles. The first kappa shape index (κ1) is 15.4. The van der Waals surface area contributed by atoms with Gasteiger partial charge in [0.05, 0.1) is 17.2 Å². The summed E-state index contributed by atoms with van der Waals surface area (Å²) in [5.41, 5.74) is 5.20. The average molecular weight is 328 g/mol. The van der Waals surface area contributed by atoms with Crippen LogP contribution in [0.4, 0.5) is 11.4 Å². The molecule has 0 saturated heterocycles. The predicted octanol–water partition coefficient (Wildman–Crippen LogP) is 1.42. The van der Waals surface area contributed by atoms with E-state index in [1.807, 2.05) is 6.92 Å². The van der Waals surface area contributed by atoms with Gasteiger partial charge < -0.3 is 5.73 Å². The van der Waals surface area contributed by atoms with Gasteiger partial charge in [-0.05, 0) is 13.0 Å². The van der Waals surface area contributed by atoms with E-state index in [0.717, 1.165) is 17.0 Å². The first-order chi connectivity index (χ1) is 9.79. The van der Waals surface area contributed by atoms with Crippen LogP contribution in [0, 0.1) is 17.0 Å². The van der Waals surface area contributed by atoms with E-state index in [2.05, 4.69) is 9.71 Å². The van der Waals surface area contributed by atoms with Crippen molar-refractivity contribution in [3.63, 3.8) is 0 Å². The monoisotopic (exact) mass is 328 g/mol. The van der Waals surface area contributed by atoms with Gasteiger partial charge in [0.1, 0.15) is 9.90 Å². The number of sulfonamides is 1. The van der Waals surface area contributed by atoms with Crippen molar-refractivity contribution in [3.05, 3.63) is 44.4 Å². The maximum Gasteiger partial charge on any atom is 0.270 e. The summed E-state index contributed by atoms with van der Waals surface area (Å²) in [5, 5.41) is 11.3. The number of anilines is 1. The summed E-state index contributed by atoms with van der Waals surface area (Å²) < 4.78 is 26.7. The van der Waals surface area contributed by atoms with Crippen molar-refractivity contribution in [2.75, 3.05) is 5.73 Å². The molecule has 10 heteroatoms. The molecule has 8 nitrogen and oxygen atoms in total. The van der Waals surface area contributed by atoms with Crippen molar-refractivity contribution in [2.45, 2.75) is 18.4 Å². The van der Waals surface area contributed by atoms with Crippen molar-refractivity contribution in [1.82, 2.24) is 9.71 Å². The number of benzene rings is 1. The molecule has 2 rings (SSSR count). The number of nitro groups is 1. The van der Waals surface area contributed by atoms with Crippen LogP contribution in [0.25, 0.3) is 0 Å². The standard InChI is InChI=1S/C11H12N4O4S2/c1-7-5-13-11(20-7)6-14-21(18,19)10-4-8(15(16)17)2-3-9(10)12/h2-5,14H,6,12H2,1H3. The Bertz CT molecular complexity index is 785. The number of nitrogens with one attached hydrogen (secondary N) is 1. The third-order valence-corrected chi connectivity index (χ3v) is 4.95.